The number of hydrogen-bond donors (Lipinski definition) is 4. The third-order valence-electron chi connectivity index (χ3n) is 6.33. The molecular weight excluding hydrogens is 510 g/mol. The highest BCUT2D eigenvalue weighted by Crippen LogP contribution is 2.36. The molecule has 0 aromatic carbocycles. The average molecular weight is 548 g/mol. The molecule has 3 rings (SSSR count). The van der Waals surface area contributed by atoms with Crippen molar-refractivity contribution in [3.8, 4) is 0 Å². The van der Waals surface area contributed by atoms with E-state index >= 15 is 0 Å². The Labute approximate surface area is 226 Å². The first kappa shape index (κ1) is 29.9. The van der Waals surface area contributed by atoms with Crippen LogP contribution in [0.25, 0.3) is 11.2 Å². The Hall–Kier alpha value is -3.69. The van der Waals surface area contributed by atoms with Crippen molar-refractivity contribution in [2.75, 3.05) is 12.0 Å². The number of hydrogen-bond acceptors (Lipinski definition) is 13. The van der Waals surface area contributed by atoms with E-state index in [4.69, 9.17) is 25.7 Å². The molecule has 6 atom stereocenters. The molecule has 1 aliphatic heterocycles. The van der Waals surface area contributed by atoms with E-state index in [0.29, 0.717) is 11.2 Å². The number of fused-ring (bicyclic) bond motifs is 1. The number of aromatic nitrogens is 4. The highest BCUT2D eigenvalue weighted by atomic mass is 16.6. The number of imidazole rings is 1. The molecule has 1 saturated heterocycles. The van der Waals surface area contributed by atoms with Crippen molar-refractivity contribution in [3.05, 3.63) is 12.0 Å². The summed E-state index contributed by atoms with van der Waals surface area (Å²) in [6, 6.07) is -1.97. The third-order valence-corrected chi connectivity index (χ3v) is 6.33. The fourth-order valence-corrected chi connectivity index (χ4v) is 3.94. The zero-order chi connectivity index (χ0) is 29.0. The third kappa shape index (κ3) is 6.32. The number of anilines is 1. The minimum absolute atomic E-state index is 0.135. The lowest BCUT2D eigenvalue weighted by Crippen LogP contribution is -2.50. The first-order chi connectivity index (χ1) is 18.4. The van der Waals surface area contributed by atoms with Gasteiger partial charge < -0.3 is 31.0 Å². The second-order valence-corrected chi connectivity index (χ2v) is 9.91. The van der Waals surface area contributed by atoms with Gasteiger partial charge in [0.1, 0.15) is 17.6 Å². The molecule has 1 fully saturated rings. The monoisotopic (exact) mass is 547 g/mol. The highest BCUT2D eigenvalue weighted by molar-refractivity contribution is 5.84. The van der Waals surface area contributed by atoms with Crippen LogP contribution in [0.4, 0.5) is 5.95 Å². The van der Waals surface area contributed by atoms with Gasteiger partial charge in [-0.25, -0.2) is 15.4 Å². The van der Waals surface area contributed by atoms with Gasteiger partial charge in [0.2, 0.25) is 5.95 Å². The minimum Gasteiger partial charge on any atom is -0.454 e. The van der Waals surface area contributed by atoms with Gasteiger partial charge in [-0.1, -0.05) is 27.7 Å². The van der Waals surface area contributed by atoms with E-state index in [1.54, 1.807) is 41.5 Å². The molecular formula is C24H37N9O6. The molecule has 0 bridgehead atoms. The van der Waals surface area contributed by atoms with Gasteiger partial charge in [-0.15, -0.1) is 0 Å². The molecule has 214 valence electrons. The lowest BCUT2D eigenvalue weighted by atomic mass is 10.0. The molecule has 39 heavy (non-hydrogen) atoms. The highest BCUT2D eigenvalue weighted by Gasteiger charge is 2.54. The van der Waals surface area contributed by atoms with Crippen LogP contribution >= 0.6 is 0 Å². The molecule has 2 aromatic heterocycles. The first-order valence-corrected chi connectivity index (χ1v) is 12.7. The molecule has 1 aliphatic rings. The van der Waals surface area contributed by atoms with Crippen LogP contribution in [0.5, 0.6) is 0 Å². The quantitative estimate of drug-likeness (QED) is 0.166. The van der Waals surface area contributed by atoms with Crippen LogP contribution in [-0.2, 0) is 28.6 Å². The molecule has 0 spiro atoms. The molecule has 0 unspecified atom stereocenters. The topological polar surface area (TPSA) is 211 Å². The van der Waals surface area contributed by atoms with Crippen LogP contribution in [-0.4, -0.2) is 81.0 Å². The summed E-state index contributed by atoms with van der Waals surface area (Å²) in [4.78, 5) is 52.1. The minimum atomic E-state index is -1.35. The number of nitrogens with zero attached hydrogens (tertiary/aromatic N) is 5. The number of rotatable bonds is 11. The number of aryl methyl sites for hydroxylation is 1. The van der Waals surface area contributed by atoms with Crippen LogP contribution in [0.2, 0.25) is 0 Å². The van der Waals surface area contributed by atoms with Crippen molar-refractivity contribution in [3.63, 3.8) is 0 Å². The van der Waals surface area contributed by atoms with E-state index in [0.717, 1.165) is 0 Å². The van der Waals surface area contributed by atoms with Gasteiger partial charge in [0, 0.05) is 13.3 Å². The first-order valence-electron chi connectivity index (χ1n) is 12.7. The summed E-state index contributed by atoms with van der Waals surface area (Å²) < 4.78 is 19.1. The van der Waals surface area contributed by atoms with Gasteiger partial charge in [0.05, 0.1) is 12.0 Å². The van der Waals surface area contributed by atoms with Crippen LogP contribution < -0.4 is 22.2 Å². The maximum atomic E-state index is 13.1. The van der Waals surface area contributed by atoms with Gasteiger partial charge >= 0.3 is 11.9 Å². The van der Waals surface area contributed by atoms with Gasteiger partial charge in [0.25, 0.3) is 5.91 Å². The molecule has 1 amide bonds. The lowest BCUT2D eigenvalue weighted by molar-refractivity contribution is -0.171. The van der Waals surface area contributed by atoms with Crippen LogP contribution in [0.1, 0.15) is 46.5 Å². The summed E-state index contributed by atoms with van der Waals surface area (Å²) in [6.07, 6.45) is -3.78. The summed E-state index contributed by atoms with van der Waals surface area (Å²) >= 11 is 0. The molecule has 6 N–H and O–H groups in total. The van der Waals surface area contributed by atoms with Crippen LogP contribution in [0, 0.1) is 18.8 Å². The molecule has 0 saturated carbocycles. The largest absolute Gasteiger partial charge is 0.454 e. The summed E-state index contributed by atoms with van der Waals surface area (Å²) in [5, 5.41) is 6.26. The molecule has 15 nitrogen and oxygen atoms in total. The molecule has 3 heterocycles. The molecule has 2 aromatic rings. The van der Waals surface area contributed by atoms with E-state index in [9.17, 15) is 14.4 Å². The Bertz CT molecular complexity index is 1220. The van der Waals surface area contributed by atoms with Crippen molar-refractivity contribution >= 4 is 41.7 Å². The molecule has 0 aliphatic carbocycles. The van der Waals surface area contributed by atoms with E-state index in [2.05, 4.69) is 37.5 Å². The number of carbonyl (C=O) groups is 3. The Morgan fingerprint density at radius 1 is 1.10 bits per heavy atom. The average Bonchev–Trinajstić information content (AvgIpc) is 3.45. The van der Waals surface area contributed by atoms with E-state index in [-0.39, 0.29) is 30.0 Å². The lowest BCUT2D eigenvalue weighted by Gasteiger charge is -2.27. The SMILES string of the molecule is C=NNc1nc(C)c2ncn([C@@H]3O[C@H](C(=O)NCC)[C@@H](OC(=O)[C@@H](N)C(C)C)[C@H]3OC(=O)[C@@H](N)C(C)C)c2n1. The summed E-state index contributed by atoms with van der Waals surface area (Å²) in [7, 11) is 0. The zero-order valence-electron chi connectivity index (χ0n) is 23.0. The Kier molecular flexibility index (Phi) is 9.53. The zero-order valence-corrected chi connectivity index (χ0v) is 23.0. The van der Waals surface area contributed by atoms with Gasteiger partial charge in [-0.3, -0.25) is 19.0 Å². The van der Waals surface area contributed by atoms with Crippen LogP contribution in [0.3, 0.4) is 0 Å². The molecule has 15 heteroatoms. The second-order valence-electron chi connectivity index (χ2n) is 9.91. The number of carbonyl (C=O) groups excluding carboxylic acids is 3. The van der Waals surface area contributed by atoms with E-state index in [1.165, 1.54) is 10.9 Å². The number of nitrogens with two attached hydrogens (primary N) is 2. The van der Waals surface area contributed by atoms with Crippen molar-refractivity contribution < 1.29 is 28.6 Å². The van der Waals surface area contributed by atoms with E-state index < -0.39 is 54.5 Å². The van der Waals surface area contributed by atoms with Crippen molar-refractivity contribution in [1.82, 2.24) is 24.8 Å². The number of amides is 1. The fourth-order valence-electron chi connectivity index (χ4n) is 3.94. The predicted molar refractivity (Wildman–Crippen MR) is 141 cm³/mol. The van der Waals surface area contributed by atoms with Gasteiger partial charge in [-0.2, -0.15) is 10.1 Å². The van der Waals surface area contributed by atoms with Crippen molar-refractivity contribution in [1.29, 1.82) is 0 Å². The number of hydrazone groups is 1. The molecule has 0 radical (unpaired) electrons. The Morgan fingerprint density at radius 3 is 2.23 bits per heavy atom. The second kappa shape index (κ2) is 12.4. The normalized spacial score (nSPS) is 22.5. The number of ether oxygens (including phenoxy) is 3. The van der Waals surface area contributed by atoms with Gasteiger partial charge in [-0.05, 0) is 25.7 Å². The fraction of sp³-hybridized carbons (Fsp3) is 0.625. The summed E-state index contributed by atoms with van der Waals surface area (Å²) in [5.74, 6) is -2.48. The number of likely N-dealkylation sites (N-methyl/N-ethyl adjacent to an activating group) is 1. The predicted octanol–water partition coefficient (Wildman–Crippen LogP) is -0.0141. The van der Waals surface area contributed by atoms with Crippen molar-refractivity contribution in [2.45, 2.75) is 78.2 Å². The maximum absolute atomic E-state index is 13.1. The summed E-state index contributed by atoms with van der Waals surface area (Å²) in [5.41, 5.74) is 15.9. The Morgan fingerprint density at radius 2 is 1.69 bits per heavy atom. The Balaban J connectivity index is 2.14. The van der Waals surface area contributed by atoms with Crippen LogP contribution in [0.15, 0.2) is 11.4 Å². The number of esters is 2. The van der Waals surface area contributed by atoms with Gasteiger partial charge in [0.15, 0.2) is 30.2 Å². The number of nitrogens with one attached hydrogen (secondary N) is 2. The standard InChI is InChI=1S/C24H37N9O6/c1-8-28-20(34)17-16(38-22(35)13(25)10(2)3)18(39-23(36)14(26)11(4)5)21(37-17)33-9-29-15-12(6)30-24(32-27-7)31-19(15)33/h9-11,13-14,16-18,21H,7-8,25-26H2,1-6H3,(H,28,34)(H,30,31,32)/t13-,14-,16+,17-,18+,21+/m0/s1. The summed E-state index contributed by atoms with van der Waals surface area (Å²) in [6.45, 7) is 14.1. The smallest absolute Gasteiger partial charge is 0.323 e. The maximum Gasteiger partial charge on any atom is 0.323 e. The van der Waals surface area contributed by atoms with E-state index in [1.807, 2.05) is 0 Å². The van der Waals surface area contributed by atoms with Crippen molar-refractivity contribution in [2.24, 2.45) is 28.4 Å².